The number of allylic oxidation sites excluding steroid dienone is 1. The molecule has 0 bridgehead atoms. The molecule has 1 aliphatic rings. The summed E-state index contributed by atoms with van der Waals surface area (Å²) in [6.45, 7) is 0. The Morgan fingerprint density at radius 2 is 1.48 bits per heavy atom. The van der Waals surface area contributed by atoms with Gasteiger partial charge in [0.2, 0.25) is 0 Å². The molecule has 2 atom stereocenters. The van der Waals surface area contributed by atoms with Gasteiger partial charge < -0.3 is 5.11 Å². The van der Waals surface area contributed by atoms with E-state index in [0.29, 0.717) is 5.76 Å². The maximum atomic E-state index is 10.7. The number of benzene rings is 3. The first kappa shape index (κ1) is 15.4. The van der Waals surface area contributed by atoms with Crippen LogP contribution in [0.3, 0.4) is 0 Å². The van der Waals surface area contributed by atoms with Crippen LogP contribution in [0, 0.1) is 0 Å². The Hall–Kier alpha value is -3.13. The highest BCUT2D eigenvalue weighted by Gasteiger charge is 2.27. The molecule has 3 aromatic carbocycles. The highest BCUT2D eigenvalue weighted by atomic mass is 16.3. The van der Waals surface area contributed by atoms with Crippen molar-refractivity contribution in [2.75, 3.05) is 0 Å². The summed E-state index contributed by atoms with van der Waals surface area (Å²) in [5.74, 6) is 0.436. The molecule has 1 heterocycles. The number of rotatable bonds is 4. The van der Waals surface area contributed by atoms with Gasteiger partial charge >= 0.3 is 0 Å². The fourth-order valence-corrected chi connectivity index (χ4v) is 3.37. The maximum Gasteiger partial charge on any atom is 0.119 e. The van der Waals surface area contributed by atoms with Gasteiger partial charge in [-0.15, -0.1) is 0 Å². The van der Waals surface area contributed by atoms with Gasteiger partial charge in [0.25, 0.3) is 0 Å². The monoisotopic (exact) mass is 325 g/mol. The van der Waals surface area contributed by atoms with Gasteiger partial charge in [-0.25, -0.2) is 0 Å². The number of aliphatic imine (C=N–C) groups is 1. The smallest absolute Gasteiger partial charge is 0.119 e. The van der Waals surface area contributed by atoms with Crippen molar-refractivity contribution in [2.45, 2.75) is 11.8 Å². The molecule has 25 heavy (non-hydrogen) atoms. The molecular formula is C23H19NO. The highest BCUT2D eigenvalue weighted by molar-refractivity contribution is 5.82. The summed E-state index contributed by atoms with van der Waals surface area (Å²) < 4.78 is 0. The minimum atomic E-state index is 0.0220. The molecule has 3 aromatic rings. The molecule has 0 saturated carbocycles. The number of fused-ring (bicyclic) bond motifs is 1. The fraction of sp³-hybridized carbons (Fsp3) is 0.0870. The Labute approximate surface area is 147 Å². The third-order valence-electron chi connectivity index (χ3n) is 4.65. The van der Waals surface area contributed by atoms with Crippen LogP contribution in [0.1, 0.15) is 28.5 Å². The van der Waals surface area contributed by atoms with Crippen molar-refractivity contribution in [1.29, 1.82) is 0 Å². The van der Waals surface area contributed by atoms with Crippen LogP contribution in [-0.4, -0.2) is 11.3 Å². The van der Waals surface area contributed by atoms with Crippen LogP contribution in [0.2, 0.25) is 0 Å². The Bertz CT molecular complexity index is 913. The van der Waals surface area contributed by atoms with Gasteiger partial charge in [0.1, 0.15) is 5.76 Å². The zero-order valence-electron chi connectivity index (χ0n) is 13.8. The van der Waals surface area contributed by atoms with Gasteiger partial charge in [0, 0.05) is 23.6 Å². The molecule has 2 heteroatoms. The SMILES string of the molecule is O/C(=C\C(c1ccccc1)C1C=Nc2ccccc21)c1ccccc1. The lowest BCUT2D eigenvalue weighted by Crippen LogP contribution is -2.09. The van der Waals surface area contributed by atoms with Crippen LogP contribution >= 0.6 is 0 Å². The van der Waals surface area contributed by atoms with E-state index < -0.39 is 0 Å². The molecule has 0 saturated heterocycles. The summed E-state index contributed by atoms with van der Waals surface area (Å²) in [7, 11) is 0. The van der Waals surface area contributed by atoms with Crippen molar-refractivity contribution < 1.29 is 5.11 Å². The average Bonchev–Trinajstić information content (AvgIpc) is 3.11. The lowest BCUT2D eigenvalue weighted by molar-refractivity contribution is 0.506. The summed E-state index contributed by atoms with van der Waals surface area (Å²) in [6, 6.07) is 28.2. The molecule has 2 unspecified atom stereocenters. The van der Waals surface area contributed by atoms with E-state index in [2.05, 4.69) is 23.2 Å². The molecule has 0 aliphatic carbocycles. The molecular weight excluding hydrogens is 306 g/mol. The molecule has 2 nitrogen and oxygen atoms in total. The summed E-state index contributed by atoms with van der Waals surface area (Å²) in [5, 5.41) is 10.7. The van der Waals surface area contributed by atoms with E-state index in [1.54, 1.807) is 0 Å². The van der Waals surface area contributed by atoms with Crippen molar-refractivity contribution in [1.82, 2.24) is 0 Å². The largest absolute Gasteiger partial charge is 0.508 e. The van der Waals surface area contributed by atoms with Crippen molar-refractivity contribution >= 4 is 17.7 Å². The molecule has 0 radical (unpaired) electrons. The normalized spacial score (nSPS) is 17.3. The molecule has 1 N–H and O–H groups in total. The fourth-order valence-electron chi connectivity index (χ4n) is 3.37. The number of hydrogen-bond acceptors (Lipinski definition) is 2. The van der Waals surface area contributed by atoms with E-state index in [-0.39, 0.29) is 11.8 Å². The Morgan fingerprint density at radius 3 is 2.24 bits per heavy atom. The van der Waals surface area contributed by atoms with Crippen molar-refractivity contribution in [3.8, 4) is 0 Å². The molecule has 0 amide bonds. The van der Waals surface area contributed by atoms with Crippen LogP contribution in [0.25, 0.3) is 5.76 Å². The Kier molecular flexibility index (Phi) is 4.17. The van der Waals surface area contributed by atoms with Crippen LogP contribution in [0.15, 0.2) is 96.0 Å². The zero-order chi connectivity index (χ0) is 17.1. The predicted octanol–water partition coefficient (Wildman–Crippen LogP) is 5.87. The standard InChI is InChI=1S/C23H19NO/c25-23(18-11-5-2-6-12-18)15-20(17-9-3-1-4-10-17)21-16-24-22-14-8-7-13-19(21)22/h1-16,20-21,25H/b23-15-. The van der Waals surface area contributed by atoms with Crippen molar-refractivity contribution in [3.05, 3.63) is 108 Å². The van der Waals surface area contributed by atoms with E-state index in [1.807, 2.05) is 79.0 Å². The average molecular weight is 325 g/mol. The van der Waals surface area contributed by atoms with E-state index in [4.69, 9.17) is 0 Å². The minimum absolute atomic E-state index is 0.0220. The molecule has 4 rings (SSSR count). The van der Waals surface area contributed by atoms with E-state index in [1.165, 1.54) is 5.56 Å². The second-order valence-electron chi connectivity index (χ2n) is 6.22. The molecule has 0 spiro atoms. The van der Waals surface area contributed by atoms with Crippen LogP contribution in [0.4, 0.5) is 5.69 Å². The van der Waals surface area contributed by atoms with Gasteiger partial charge in [-0.1, -0.05) is 78.9 Å². The summed E-state index contributed by atoms with van der Waals surface area (Å²) in [5.41, 5.74) is 4.21. The first-order valence-corrected chi connectivity index (χ1v) is 8.47. The van der Waals surface area contributed by atoms with Gasteiger partial charge in [-0.05, 0) is 23.3 Å². The first-order valence-electron chi connectivity index (χ1n) is 8.47. The third-order valence-corrected chi connectivity index (χ3v) is 4.65. The predicted molar refractivity (Wildman–Crippen MR) is 104 cm³/mol. The highest BCUT2D eigenvalue weighted by Crippen LogP contribution is 2.42. The third kappa shape index (κ3) is 3.11. The van der Waals surface area contributed by atoms with Gasteiger partial charge in [0.15, 0.2) is 0 Å². The maximum absolute atomic E-state index is 10.7. The second-order valence-corrected chi connectivity index (χ2v) is 6.22. The number of para-hydroxylation sites is 1. The lowest BCUT2D eigenvalue weighted by atomic mass is 9.82. The summed E-state index contributed by atoms with van der Waals surface area (Å²) in [6.07, 6.45) is 3.94. The van der Waals surface area contributed by atoms with Gasteiger partial charge in [0.05, 0.1) is 5.69 Å². The summed E-state index contributed by atoms with van der Waals surface area (Å²) >= 11 is 0. The second kappa shape index (κ2) is 6.78. The lowest BCUT2D eigenvalue weighted by Gasteiger charge is -2.21. The van der Waals surface area contributed by atoms with E-state index in [0.717, 1.165) is 16.8 Å². The molecule has 0 fully saturated rings. The Balaban J connectivity index is 1.78. The van der Waals surface area contributed by atoms with Crippen LogP contribution < -0.4 is 0 Å². The zero-order valence-corrected chi connectivity index (χ0v) is 13.8. The number of aliphatic hydroxyl groups is 1. The van der Waals surface area contributed by atoms with Crippen LogP contribution in [-0.2, 0) is 0 Å². The molecule has 1 aliphatic heterocycles. The number of nitrogens with zero attached hydrogens (tertiary/aromatic N) is 1. The molecule has 0 aromatic heterocycles. The van der Waals surface area contributed by atoms with Crippen molar-refractivity contribution in [2.24, 2.45) is 4.99 Å². The van der Waals surface area contributed by atoms with E-state index >= 15 is 0 Å². The number of aliphatic hydroxyl groups excluding tert-OH is 1. The number of hydrogen-bond donors (Lipinski definition) is 1. The topological polar surface area (TPSA) is 32.6 Å². The Morgan fingerprint density at radius 1 is 0.840 bits per heavy atom. The molecule has 122 valence electrons. The first-order chi connectivity index (χ1) is 12.3. The van der Waals surface area contributed by atoms with Gasteiger partial charge in [-0.3, -0.25) is 4.99 Å². The quantitative estimate of drug-likeness (QED) is 0.598. The van der Waals surface area contributed by atoms with Crippen LogP contribution in [0.5, 0.6) is 0 Å². The minimum Gasteiger partial charge on any atom is -0.508 e. The van der Waals surface area contributed by atoms with E-state index in [9.17, 15) is 5.11 Å². The van der Waals surface area contributed by atoms with Crippen molar-refractivity contribution in [3.63, 3.8) is 0 Å². The van der Waals surface area contributed by atoms with Gasteiger partial charge in [-0.2, -0.15) is 0 Å². The summed E-state index contributed by atoms with van der Waals surface area (Å²) in [4.78, 5) is 4.57.